The Balaban J connectivity index is 2.35. The fraction of sp³-hybridized carbons (Fsp3) is 0.111. The molecule has 0 bridgehead atoms. The van der Waals surface area contributed by atoms with Gasteiger partial charge < -0.3 is 4.98 Å². The van der Waals surface area contributed by atoms with Gasteiger partial charge in [-0.05, 0) is 27.1 Å². The molecule has 1 N–H and O–H groups in total. The van der Waals surface area contributed by atoms with Gasteiger partial charge in [-0.1, -0.05) is 18.2 Å². The van der Waals surface area contributed by atoms with Gasteiger partial charge in [-0.3, -0.25) is 0 Å². The molecule has 3 nitrogen and oxygen atoms in total. The molecule has 0 saturated heterocycles. The van der Waals surface area contributed by atoms with E-state index in [1.165, 1.54) is 0 Å². The third-order valence-corrected chi connectivity index (χ3v) is 4.94. The van der Waals surface area contributed by atoms with Crippen LogP contribution in [0.3, 0.4) is 0 Å². The highest BCUT2D eigenvalue weighted by Crippen LogP contribution is 2.79. The summed E-state index contributed by atoms with van der Waals surface area (Å²) in [6.45, 7) is 0. The average Bonchev–Trinajstić information content (AvgIpc) is 2.60. The Kier molecular flexibility index (Phi) is 1.08. The number of fused-ring (bicyclic) bond motifs is 3. The van der Waals surface area contributed by atoms with Crippen molar-refractivity contribution in [3.05, 3.63) is 29.2 Å². The van der Waals surface area contributed by atoms with Crippen molar-refractivity contribution in [2.24, 2.45) is 4.58 Å². The predicted octanol–water partition coefficient (Wildman–Crippen LogP) is 3.02. The van der Waals surface area contributed by atoms with Crippen LogP contribution in [0.1, 0.15) is 0 Å². The summed E-state index contributed by atoms with van der Waals surface area (Å²) in [6.07, 6.45) is 1.92. The Morgan fingerprint density at radius 1 is 1.38 bits per heavy atom. The van der Waals surface area contributed by atoms with Crippen LogP contribution in [-0.4, -0.2) is 11.2 Å². The van der Waals surface area contributed by atoms with Gasteiger partial charge in [0.05, 0.1) is 9.92 Å². The van der Waals surface area contributed by atoms with Crippen LogP contribution in [0.25, 0.3) is 10.9 Å². The molecule has 1 aromatic heterocycles. The number of nitroso groups, excluding NO2 is 1. The summed E-state index contributed by atoms with van der Waals surface area (Å²) in [7, 11) is -1.42. The monoisotopic (exact) mass is 192 g/mol. The smallest absolute Gasteiger partial charge is 0.0963 e. The van der Waals surface area contributed by atoms with E-state index >= 15 is 0 Å². The van der Waals surface area contributed by atoms with E-state index in [1.54, 1.807) is 0 Å². The minimum absolute atomic E-state index is 1.06. The summed E-state index contributed by atoms with van der Waals surface area (Å²) in [5, 5.41) is 2.22. The minimum atomic E-state index is -1.42. The number of para-hydroxylation sites is 1. The zero-order chi connectivity index (χ0) is 9.05. The molecule has 2 aromatic rings. The fourth-order valence-electron chi connectivity index (χ4n) is 1.76. The lowest BCUT2D eigenvalue weighted by atomic mass is 10.3. The number of rotatable bonds is 1. The molecule has 0 fully saturated rings. The quantitative estimate of drug-likeness (QED) is 0.547. The van der Waals surface area contributed by atoms with Gasteiger partial charge in [0.15, 0.2) is 0 Å². The van der Waals surface area contributed by atoms with E-state index in [2.05, 4.69) is 9.57 Å². The van der Waals surface area contributed by atoms with Crippen molar-refractivity contribution >= 4 is 21.1 Å². The van der Waals surface area contributed by atoms with Gasteiger partial charge in [0.1, 0.15) is 0 Å². The molecule has 66 valence electrons. The molecule has 4 heteroatoms. The Hall–Kier alpha value is -1.29. The molecule has 1 atom stereocenters. The third kappa shape index (κ3) is 0.674. The second-order valence-corrected chi connectivity index (χ2v) is 6.00. The van der Waals surface area contributed by atoms with Crippen LogP contribution < -0.4 is 0 Å². The van der Waals surface area contributed by atoms with Crippen LogP contribution in [0.5, 0.6) is 0 Å². The molecule has 0 aliphatic carbocycles. The van der Waals surface area contributed by atoms with Crippen molar-refractivity contribution in [2.45, 2.75) is 9.92 Å². The first-order valence-electron chi connectivity index (χ1n) is 4.01. The summed E-state index contributed by atoms with van der Waals surface area (Å²) in [6, 6.07) is 8.03. The summed E-state index contributed by atoms with van der Waals surface area (Å²) in [4.78, 5) is 15.0. The number of aromatic nitrogens is 1. The predicted molar refractivity (Wildman–Crippen MR) is 54.1 cm³/mol. The van der Waals surface area contributed by atoms with Crippen molar-refractivity contribution < 1.29 is 0 Å². The van der Waals surface area contributed by atoms with E-state index in [9.17, 15) is 4.91 Å². The maximum absolute atomic E-state index is 10.6. The highest BCUT2D eigenvalue weighted by Gasteiger charge is 2.47. The molecule has 13 heavy (non-hydrogen) atoms. The molecule has 1 unspecified atom stereocenters. The second kappa shape index (κ2) is 1.96. The van der Waals surface area contributed by atoms with Crippen molar-refractivity contribution in [1.29, 1.82) is 0 Å². The molecule has 0 spiro atoms. The standard InChI is InChI=1S/C9H8N2OS/c1-13(11-12)8-6-4-2-3-5-7(6)10-9(8)13/h2-5,10H,1H3. The second-order valence-electron chi connectivity index (χ2n) is 3.28. The number of hydrogen-bond acceptors (Lipinski definition) is 2. The van der Waals surface area contributed by atoms with E-state index in [4.69, 9.17) is 0 Å². The molecule has 1 aliphatic rings. The van der Waals surface area contributed by atoms with E-state index in [1.807, 2.05) is 30.5 Å². The number of H-pyrrole nitrogens is 1. The van der Waals surface area contributed by atoms with E-state index in [0.29, 0.717) is 0 Å². The van der Waals surface area contributed by atoms with Gasteiger partial charge in [-0.25, -0.2) is 0 Å². The molecule has 2 heterocycles. The minimum Gasteiger partial charge on any atom is -0.348 e. The van der Waals surface area contributed by atoms with Crippen molar-refractivity contribution in [2.75, 3.05) is 6.26 Å². The van der Waals surface area contributed by atoms with Gasteiger partial charge >= 0.3 is 0 Å². The van der Waals surface area contributed by atoms with Crippen LogP contribution in [0, 0.1) is 4.91 Å². The Bertz CT molecular complexity index is 519. The number of nitrogens with one attached hydrogen (secondary N) is 1. The number of hydrogen-bond donors (Lipinski definition) is 1. The van der Waals surface area contributed by atoms with Crippen molar-refractivity contribution in [3.63, 3.8) is 0 Å². The Labute approximate surface area is 76.6 Å². The summed E-state index contributed by atoms with van der Waals surface area (Å²) in [5.74, 6) is 0. The molecule has 3 rings (SSSR count). The zero-order valence-electron chi connectivity index (χ0n) is 7.07. The maximum Gasteiger partial charge on any atom is 0.0963 e. The third-order valence-electron chi connectivity index (χ3n) is 2.53. The van der Waals surface area contributed by atoms with Gasteiger partial charge in [0.2, 0.25) is 0 Å². The molecule has 0 radical (unpaired) electrons. The van der Waals surface area contributed by atoms with Crippen molar-refractivity contribution in [1.82, 2.24) is 4.98 Å². The first-order chi connectivity index (χ1) is 6.27. The SMILES string of the molecule is CS1(N=O)c2[nH]c3ccccc3c21. The Morgan fingerprint density at radius 2 is 2.15 bits per heavy atom. The molecule has 1 aliphatic heterocycles. The molecule has 0 saturated carbocycles. The molecule has 1 aromatic carbocycles. The van der Waals surface area contributed by atoms with Crippen LogP contribution >= 0.6 is 10.2 Å². The van der Waals surface area contributed by atoms with E-state index in [-0.39, 0.29) is 0 Å². The van der Waals surface area contributed by atoms with Gasteiger partial charge in [-0.15, -0.1) is 4.91 Å². The van der Waals surface area contributed by atoms with Gasteiger partial charge in [0.25, 0.3) is 0 Å². The van der Waals surface area contributed by atoms with Crippen LogP contribution in [0.4, 0.5) is 0 Å². The van der Waals surface area contributed by atoms with Crippen LogP contribution in [-0.2, 0) is 0 Å². The zero-order valence-corrected chi connectivity index (χ0v) is 7.89. The normalized spacial score (nSPS) is 29.3. The lowest BCUT2D eigenvalue weighted by Gasteiger charge is -2.04. The van der Waals surface area contributed by atoms with E-state index in [0.717, 1.165) is 20.8 Å². The summed E-state index contributed by atoms with van der Waals surface area (Å²) < 4.78 is 3.21. The average molecular weight is 192 g/mol. The Morgan fingerprint density at radius 3 is 2.92 bits per heavy atom. The topological polar surface area (TPSA) is 45.2 Å². The first-order valence-corrected chi connectivity index (χ1v) is 6.01. The fourth-order valence-corrected chi connectivity index (χ4v) is 3.92. The largest absolute Gasteiger partial charge is 0.348 e. The summed E-state index contributed by atoms with van der Waals surface area (Å²) >= 11 is 0. The lowest BCUT2D eigenvalue weighted by Crippen LogP contribution is -1.76. The van der Waals surface area contributed by atoms with Gasteiger partial charge in [-0.2, -0.15) is 0 Å². The van der Waals surface area contributed by atoms with Crippen LogP contribution in [0.15, 0.2) is 38.8 Å². The number of benzene rings is 1. The summed E-state index contributed by atoms with van der Waals surface area (Å²) in [5.41, 5.74) is 1.11. The molecule has 0 amide bonds. The highest BCUT2D eigenvalue weighted by atomic mass is 32.3. The number of nitrogens with zero attached hydrogens (tertiary/aromatic N) is 1. The first kappa shape index (κ1) is 7.15. The molecular formula is C9H8N2OS. The molecular weight excluding hydrogens is 184 g/mol. The van der Waals surface area contributed by atoms with Crippen molar-refractivity contribution in [3.8, 4) is 0 Å². The number of aromatic amines is 1. The lowest BCUT2D eigenvalue weighted by molar-refractivity contribution is 1.23. The highest BCUT2D eigenvalue weighted by molar-refractivity contribution is 8.36. The van der Waals surface area contributed by atoms with E-state index < -0.39 is 10.2 Å². The van der Waals surface area contributed by atoms with Crippen LogP contribution in [0.2, 0.25) is 0 Å². The maximum atomic E-state index is 10.6. The van der Waals surface area contributed by atoms with Gasteiger partial charge in [0, 0.05) is 10.9 Å².